The second-order valence-corrected chi connectivity index (χ2v) is 4.11. The van der Waals surface area contributed by atoms with Gasteiger partial charge < -0.3 is 4.74 Å². The fourth-order valence-electron chi connectivity index (χ4n) is 1.52. The summed E-state index contributed by atoms with van der Waals surface area (Å²) in [5.41, 5.74) is -0.0870. The maximum Gasteiger partial charge on any atom is 0.326 e. The molecule has 1 aromatic heterocycles. The van der Waals surface area contributed by atoms with E-state index >= 15 is 0 Å². The highest BCUT2D eigenvalue weighted by atomic mass is 16.5. The van der Waals surface area contributed by atoms with E-state index in [1.54, 1.807) is 24.7 Å². The van der Waals surface area contributed by atoms with Gasteiger partial charge in [0.2, 0.25) is 0 Å². The number of rotatable bonds is 5. The third-order valence-corrected chi connectivity index (χ3v) is 2.78. The van der Waals surface area contributed by atoms with Crippen LogP contribution in [0.25, 0.3) is 0 Å². The van der Waals surface area contributed by atoms with Gasteiger partial charge in [-0.15, -0.1) is 0 Å². The maximum absolute atomic E-state index is 11.7. The van der Waals surface area contributed by atoms with E-state index in [9.17, 15) is 4.79 Å². The van der Waals surface area contributed by atoms with E-state index in [2.05, 4.69) is 5.10 Å². The van der Waals surface area contributed by atoms with Gasteiger partial charge >= 0.3 is 5.97 Å². The van der Waals surface area contributed by atoms with Gasteiger partial charge in [0.05, 0.1) is 12.7 Å². The Morgan fingerprint density at radius 2 is 2.41 bits per heavy atom. The Morgan fingerprint density at radius 3 is 2.88 bits per heavy atom. The Bertz CT molecular complexity index is 433. The molecule has 1 atom stereocenters. The number of aryl methyl sites for hydroxylation is 2. The van der Waals surface area contributed by atoms with Crippen LogP contribution in [0.5, 0.6) is 0 Å². The van der Waals surface area contributed by atoms with Crippen LogP contribution in [0.4, 0.5) is 0 Å². The Balaban J connectivity index is 2.68. The second-order valence-electron chi connectivity index (χ2n) is 4.11. The standard InChI is InChI=1S/C12H17N3O2/c1-4-17-11(16)12(2,9-13)7-5-10-6-8-14-15(10)3/h6,8H,4-5,7H2,1-3H3. The molecule has 1 rings (SSSR count). The van der Waals surface area contributed by atoms with Crippen molar-refractivity contribution in [3.05, 3.63) is 18.0 Å². The van der Waals surface area contributed by atoms with Crippen molar-refractivity contribution < 1.29 is 9.53 Å². The topological polar surface area (TPSA) is 67.9 Å². The molecule has 0 aliphatic rings. The van der Waals surface area contributed by atoms with E-state index in [1.807, 2.05) is 19.2 Å². The molecular weight excluding hydrogens is 218 g/mol. The molecule has 5 heteroatoms. The molecular formula is C12H17N3O2. The Kier molecular flexibility index (Phi) is 4.27. The molecule has 0 radical (unpaired) electrons. The SMILES string of the molecule is CCOC(=O)C(C)(C#N)CCc1ccnn1C. The number of esters is 1. The molecule has 0 aliphatic carbocycles. The van der Waals surface area contributed by atoms with E-state index in [-0.39, 0.29) is 0 Å². The van der Waals surface area contributed by atoms with Crippen LogP contribution < -0.4 is 0 Å². The lowest BCUT2D eigenvalue weighted by molar-refractivity contribution is -0.151. The third-order valence-electron chi connectivity index (χ3n) is 2.78. The van der Waals surface area contributed by atoms with Crippen molar-refractivity contribution in [2.45, 2.75) is 26.7 Å². The molecule has 92 valence electrons. The minimum atomic E-state index is -1.08. The highest BCUT2D eigenvalue weighted by Crippen LogP contribution is 2.24. The lowest BCUT2D eigenvalue weighted by Gasteiger charge is -2.19. The Labute approximate surface area is 101 Å². The first-order valence-corrected chi connectivity index (χ1v) is 5.59. The molecule has 1 unspecified atom stereocenters. The van der Waals surface area contributed by atoms with Crippen molar-refractivity contribution in [1.82, 2.24) is 9.78 Å². The number of nitriles is 1. The molecule has 5 nitrogen and oxygen atoms in total. The monoisotopic (exact) mass is 235 g/mol. The minimum absolute atomic E-state index is 0.293. The highest BCUT2D eigenvalue weighted by Gasteiger charge is 2.34. The third kappa shape index (κ3) is 3.06. The zero-order valence-electron chi connectivity index (χ0n) is 10.4. The molecule has 1 heterocycles. The molecule has 0 aromatic carbocycles. The van der Waals surface area contributed by atoms with Crippen LogP contribution in [0.1, 0.15) is 26.0 Å². The van der Waals surface area contributed by atoms with Gasteiger partial charge in [-0.05, 0) is 32.8 Å². The number of nitrogens with zero attached hydrogens (tertiary/aromatic N) is 3. The second kappa shape index (κ2) is 5.48. The summed E-state index contributed by atoms with van der Waals surface area (Å²) in [5.74, 6) is -0.454. The molecule has 0 amide bonds. The van der Waals surface area contributed by atoms with E-state index < -0.39 is 11.4 Å². The van der Waals surface area contributed by atoms with Gasteiger partial charge in [-0.2, -0.15) is 10.4 Å². The quantitative estimate of drug-likeness (QED) is 0.724. The summed E-state index contributed by atoms with van der Waals surface area (Å²) in [6.07, 6.45) is 2.75. The molecule has 0 bridgehead atoms. The van der Waals surface area contributed by atoms with E-state index in [1.165, 1.54) is 0 Å². The van der Waals surface area contributed by atoms with Gasteiger partial charge in [0.15, 0.2) is 5.41 Å². The van der Waals surface area contributed by atoms with Crippen LogP contribution in [-0.2, 0) is 23.0 Å². The number of hydrogen-bond donors (Lipinski definition) is 0. The number of hydrogen-bond acceptors (Lipinski definition) is 4. The molecule has 17 heavy (non-hydrogen) atoms. The van der Waals surface area contributed by atoms with Crippen LogP contribution in [0, 0.1) is 16.7 Å². The lowest BCUT2D eigenvalue weighted by atomic mass is 9.86. The van der Waals surface area contributed by atoms with Gasteiger partial charge in [0.25, 0.3) is 0 Å². The van der Waals surface area contributed by atoms with E-state index in [0.717, 1.165) is 5.69 Å². The van der Waals surface area contributed by atoms with Crippen LogP contribution >= 0.6 is 0 Å². The average Bonchev–Trinajstić information content (AvgIpc) is 2.72. The lowest BCUT2D eigenvalue weighted by Crippen LogP contribution is -2.29. The molecule has 0 spiro atoms. The van der Waals surface area contributed by atoms with E-state index in [0.29, 0.717) is 19.4 Å². The highest BCUT2D eigenvalue weighted by molar-refractivity contribution is 5.79. The maximum atomic E-state index is 11.7. The van der Waals surface area contributed by atoms with Gasteiger partial charge in [0.1, 0.15) is 0 Å². The molecule has 1 aromatic rings. The van der Waals surface area contributed by atoms with Crippen LogP contribution in [-0.4, -0.2) is 22.4 Å². The predicted octanol–water partition coefficient (Wildman–Crippen LogP) is 1.45. The summed E-state index contributed by atoms with van der Waals surface area (Å²) in [5, 5.41) is 13.1. The minimum Gasteiger partial charge on any atom is -0.465 e. The predicted molar refractivity (Wildman–Crippen MR) is 61.9 cm³/mol. The zero-order valence-corrected chi connectivity index (χ0v) is 10.4. The Hall–Kier alpha value is -1.83. The first kappa shape index (κ1) is 13.2. The van der Waals surface area contributed by atoms with Crippen molar-refractivity contribution in [1.29, 1.82) is 5.26 Å². The van der Waals surface area contributed by atoms with Crippen LogP contribution in [0.3, 0.4) is 0 Å². The van der Waals surface area contributed by atoms with Crippen molar-refractivity contribution in [2.24, 2.45) is 12.5 Å². The van der Waals surface area contributed by atoms with Crippen LogP contribution in [0.2, 0.25) is 0 Å². The molecule has 0 aliphatic heterocycles. The summed E-state index contributed by atoms with van der Waals surface area (Å²) >= 11 is 0. The van der Waals surface area contributed by atoms with Gasteiger partial charge in [-0.25, -0.2) is 0 Å². The van der Waals surface area contributed by atoms with Crippen molar-refractivity contribution >= 4 is 5.97 Å². The zero-order chi connectivity index (χ0) is 12.9. The van der Waals surface area contributed by atoms with Gasteiger partial charge in [-0.3, -0.25) is 9.48 Å². The fourth-order valence-corrected chi connectivity index (χ4v) is 1.52. The first-order chi connectivity index (χ1) is 8.03. The van der Waals surface area contributed by atoms with Gasteiger partial charge in [-0.1, -0.05) is 0 Å². The number of carbonyl (C=O) groups is 1. The van der Waals surface area contributed by atoms with Gasteiger partial charge in [0, 0.05) is 18.9 Å². The number of ether oxygens (including phenoxy) is 1. The Morgan fingerprint density at radius 1 is 1.71 bits per heavy atom. The number of aromatic nitrogens is 2. The van der Waals surface area contributed by atoms with Crippen molar-refractivity contribution in [3.8, 4) is 6.07 Å². The largest absolute Gasteiger partial charge is 0.465 e. The molecule has 0 fully saturated rings. The first-order valence-electron chi connectivity index (χ1n) is 5.59. The molecule has 0 saturated heterocycles. The average molecular weight is 235 g/mol. The molecule has 0 saturated carbocycles. The smallest absolute Gasteiger partial charge is 0.326 e. The fraction of sp³-hybridized carbons (Fsp3) is 0.583. The summed E-state index contributed by atoms with van der Waals surface area (Å²) in [6.45, 7) is 3.64. The van der Waals surface area contributed by atoms with Crippen molar-refractivity contribution in [2.75, 3.05) is 6.61 Å². The molecule has 0 N–H and O–H groups in total. The summed E-state index contributed by atoms with van der Waals surface area (Å²) in [4.78, 5) is 11.7. The summed E-state index contributed by atoms with van der Waals surface area (Å²) in [6, 6.07) is 3.92. The number of carbonyl (C=O) groups excluding carboxylic acids is 1. The van der Waals surface area contributed by atoms with E-state index in [4.69, 9.17) is 10.00 Å². The van der Waals surface area contributed by atoms with Crippen LogP contribution in [0.15, 0.2) is 12.3 Å². The normalized spacial score (nSPS) is 13.8. The van der Waals surface area contributed by atoms with Crippen molar-refractivity contribution in [3.63, 3.8) is 0 Å². The summed E-state index contributed by atoms with van der Waals surface area (Å²) in [7, 11) is 1.84. The summed E-state index contributed by atoms with van der Waals surface area (Å²) < 4.78 is 6.65.